The number of benzene rings is 9. The van der Waals surface area contributed by atoms with Gasteiger partial charge in [-0.05, 0) is 51.1 Å². The van der Waals surface area contributed by atoms with Crippen LogP contribution in [0.3, 0.4) is 0 Å². The molecule has 0 aliphatic heterocycles. The molecule has 0 amide bonds. The summed E-state index contributed by atoms with van der Waals surface area (Å²) in [5, 5.41) is 11.9. The summed E-state index contributed by atoms with van der Waals surface area (Å²) in [5.41, 5.74) is 7.95. The van der Waals surface area contributed by atoms with Gasteiger partial charge in [0.2, 0.25) is 5.95 Å². The molecule has 0 saturated carbocycles. The smallest absolute Gasteiger partial charge is 0.237 e. The van der Waals surface area contributed by atoms with E-state index >= 15 is 0 Å². The lowest BCUT2D eigenvalue weighted by atomic mass is 10.1. The van der Waals surface area contributed by atoms with E-state index < -0.39 is 8.07 Å². The molecular formula is C58H38N4OSi. The van der Waals surface area contributed by atoms with Crippen LogP contribution in [0, 0.1) is 0 Å². The first kappa shape index (κ1) is 36.3. The van der Waals surface area contributed by atoms with E-state index in [9.17, 15) is 0 Å². The minimum atomic E-state index is -3.12. The van der Waals surface area contributed by atoms with Crippen molar-refractivity contribution in [1.29, 1.82) is 0 Å². The van der Waals surface area contributed by atoms with Gasteiger partial charge in [-0.3, -0.25) is 9.13 Å². The van der Waals surface area contributed by atoms with Gasteiger partial charge in [0.25, 0.3) is 0 Å². The zero-order valence-corrected chi connectivity index (χ0v) is 35.6. The molecule has 4 heterocycles. The van der Waals surface area contributed by atoms with E-state index in [1.165, 1.54) is 31.5 Å². The van der Waals surface area contributed by atoms with Gasteiger partial charge >= 0.3 is 0 Å². The van der Waals surface area contributed by atoms with Crippen LogP contribution in [0.2, 0.25) is 0 Å². The van der Waals surface area contributed by atoms with Crippen LogP contribution in [-0.2, 0) is 0 Å². The van der Waals surface area contributed by atoms with Gasteiger partial charge in [-0.1, -0.05) is 194 Å². The van der Waals surface area contributed by atoms with Gasteiger partial charge < -0.3 is 4.42 Å². The average Bonchev–Trinajstić information content (AvgIpc) is 4.03. The SMILES string of the molecule is c1ccc([Si](c2ccccc2)(c2cccc(-c3cc(-n4c5ccccc5c5ccccc54)nc(-n4c5ccccc5c5ccccc54)n3)c2)c2cccc3c2oc2ccccc23)cc1. The molecule has 0 bridgehead atoms. The Morgan fingerprint density at radius 3 is 1.42 bits per heavy atom. The van der Waals surface area contributed by atoms with Crippen molar-refractivity contribution in [2.24, 2.45) is 0 Å². The van der Waals surface area contributed by atoms with E-state index in [4.69, 9.17) is 14.4 Å². The van der Waals surface area contributed by atoms with Crippen LogP contribution >= 0.6 is 0 Å². The van der Waals surface area contributed by atoms with Crippen molar-refractivity contribution < 1.29 is 4.42 Å². The molecule has 13 rings (SSSR count). The number of fused-ring (bicyclic) bond motifs is 9. The Morgan fingerprint density at radius 2 is 0.828 bits per heavy atom. The first-order valence-corrected chi connectivity index (χ1v) is 23.7. The minimum absolute atomic E-state index is 0.610. The average molecular weight is 835 g/mol. The van der Waals surface area contributed by atoms with Gasteiger partial charge in [-0.15, -0.1) is 0 Å². The van der Waals surface area contributed by atoms with Crippen LogP contribution in [-0.4, -0.2) is 27.2 Å². The molecule has 0 N–H and O–H groups in total. The molecule has 5 nitrogen and oxygen atoms in total. The quantitative estimate of drug-likeness (QED) is 0.119. The molecule has 0 radical (unpaired) electrons. The van der Waals surface area contributed by atoms with Crippen LogP contribution in [0.1, 0.15) is 0 Å². The Kier molecular flexibility index (Phi) is 8.16. The third kappa shape index (κ3) is 5.36. The van der Waals surface area contributed by atoms with E-state index in [1.807, 2.05) is 0 Å². The summed E-state index contributed by atoms with van der Waals surface area (Å²) in [7, 11) is -3.12. The molecule has 0 saturated heterocycles. The van der Waals surface area contributed by atoms with Gasteiger partial charge in [0, 0.05) is 43.9 Å². The Morgan fingerprint density at radius 1 is 0.359 bits per heavy atom. The van der Waals surface area contributed by atoms with Crippen LogP contribution in [0.25, 0.3) is 88.6 Å². The summed E-state index contributed by atoms with van der Waals surface area (Å²) in [6.45, 7) is 0. The van der Waals surface area contributed by atoms with E-state index in [1.54, 1.807) is 0 Å². The lowest BCUT2D eigenvalue weighted by Gasteiger charge is -2.34. The van der Waals surface area contributed by atoms with Gasteiger partial charge in [-0.25, -0.2) is 4.98 Å². The van der Waals surface area contributed by atoms with Gasteiger partial charge in [-0.2, -0.15) is 4.98 Å². The van der Waals surface area contributed by atoms with Gasteiger partial charge in [0.1, 0.15) is 17.0 Å². The largest absolute Gasteiger partial charge is 0.456 e. The number of hydrogen-bond acceptors (Lipinski definition) is 3. The third-order valence-corrected chi connectivity index (χ3v) is 17.9. The fourth-order valence-corrected chi connectivity index (χ4v) is 15.3. The fourth-order valence-electron chi connectivity index (χ4n) is 10.4. The lowest BCUT2D eigenvalue weighted by Crippen LogP contribution is -2.74. The molecular weight excluding hydrogens is 797 g/mol. The zero-order valence-electron chi connectivity index (χ0n) is 34.6. The second kappa shape index (κ2) is 14.4. The molecule has 0 aliphatic rings. The fraction of sp³-hybridized carbons (Fsp3) is 0. The van der Waals surface area contributed by atoms with Crippen molar-refractivity contribution in [3.05, 3.63) is 231 Å². The molecule has 9 aromatic carbocycles. The molecule has 4 aromatic heterocycles. The Labute approximate surface area is 369 Å². The van der Waals surface area contributed by atoms with Crippen LogP contribution in [0.5, 0.6) is 0 Å². The molecule has 0 atom stereocenters. The lowest BCUT2D eigenvalue weighted by molar-refractivity contribution is 0.671. The number of nitrogens with zero attached hydrogens (tertiary/aromatic N) is 4. The summed E-state index contributed by atoms with van der Waals surface area (Å²) in [6, 6.07) is 82.8. The third-order valence-electron chi connectivity index (χ3n) is 13.1. The normalized spacial score (nSPS) is 12.1. The van der Waals surface area contributed by atoms with Crippen molar-refractivity contribution in [3.8, 4) is 23.0 Å². The molecule has 13 aromatic rings. The molecule has 0 spiro atoms. The Bertz CT molecular complexity index is 3640. The maximum Gasteiger partial charge on any atom is 0.237 e. The highest BCUT2D eigenvalue weighted by atomic mass is 28.3. The van der Waals surface area contributed by atoms with Crippen molar-refractivity contribution in [2.45, 2.75) is 0 Å². The molecule has 64 heavy (non-hydrogen) atoms. The maximum atomic E-state index is 6.93. The summed E-state index contributed by atoms with van der Waals surface area (Å²) in [4.78, 5) is 11.1. The first-order valence-electron chi connectivity index (χ1n) is 21.7. The summed E-state index contributed by atoms with van der Waals surface area (Å²) in [5.74, 6) is 1.41. The number of furan rings is 1. The van der Waals surface area contributed by atoms with E-state index in [0.29, 0.717) is 5.95 Å². The number of aromatic nitrogens is 4. The van der Waals surface area contributed by atoms with E-state index in [2.05, 4.69) is 240 Å². The van der Waals surface area contributed by atoms with Crippen LogP contribution < -0.4 is 20.7 Å². The van der Waals surface area contributed by atoms with Crippen molar-refractivity contribution in [3.63, 3.8) is 0 Å². The highest BCUT2D eigenvalue weighted by Crippen LogP contribution is 2.36. The van der Waals surface area contributed by atoms with Gasteiger partial charge in [0.05, 0.1) is 27.8 Å². The number of para-hydroxylation sites is 6. The Hall–Kier alpha value is -8.32. The summed E-state index contributed by atoms with van der Waals surface area (Å²) < 4.78 is 11.5. The second-order valence-corrected chi connectivity index (χ2v) is 20.3. The molecule has 300 valence electrons. The zero-order chi connectivity index (χ0) is 42.2. The second-order valence-electron chi connectivity index (χ2n) is 16.5. The molecule has 0 fully saturated rings. The Balaban J connectivity index is 1.13. The highest BCUT2D eigenvalue weighted by Gasteiger charge is 2.44. The standard InChI is InChI=1S/C58H38N4OSi/c1-3-20-40(21-4-1)64(41-22-5-2-6-23-41,55-36-18-30-48-47-29-11-16-35-54(47)63-57(48)55)42-24-17-19-39(37-42)49-38-56(61-50-31-12-7-25-43(50)44-26-8-13-32-51(44)61)60-58(59-49)62-52-33-14-9-27-45(52)46-28-10-15-34-53(46)62/h1-38H. The van der Waals surface area contributed by atoms with E-state index in [0.717, 1.165) is 71.9 Å². The van der Waals surface area contributed by atoms with Gasteiger partial charge in [0.15, 0.2) is 8.07 Å². The first-order chi connectivity index (χ1) is 31.8. The summed E-state index contributed by atoms with van der Waals surface area (Å²) >= 11 is 0. The van der Waals surface area contributed by atoms with Crippen molar-refractivity contribution in [2.75, 3.05) is 0 Å². The van der Waals surface area contributed by atoms with Crippen molar-refractivity contribution >= 4 is 94.4 Å². The predicted octanol–water partition coefficient (Wildman–Crippen LogP) is 11.6. The number of hydrogen-bond donors (Lipinski definition) is 0. The number of rotatable bonds is 7. The minimum Gasteiger partial charge on any atom is -0.456 e. The van der Waals surface area contributed by atoms with Crippen LogP contribution in [0.15, 0.2) is 235 Å². The van der Waals surface area contributed by atoms with Crippen molar-refractivity contribution in [1.82, 2.24) is 19.1 Å². The molecule has 6 heteroatoms. The molecule has 0 aliphatic carbocycles. The van der Waals surface area contributed by atoms with E-state index in [-0.39, 0.29) is 0 Å². The predicted molar refractivity (Wildman–Crippen MR) is 267 cm³/mol. The summed E-state index contributed by atoms with van der Waals surface area (Å²) in [6.07, 6.45) is 0. The topological polar surface area (TPSA) is 48.8 Å². The highest BCUT2D eigenvalue weighted by molar-refractivity contribution is 7.20. The maximum absolute atomic E-state index is 6.93. The monoisotopic (exact) mass is 834 g/mol. The molecule has 0 unspecified atom stereocenters. The van der Waals surface area contributed by atoms with Crippen LogP contribution in [0.4, 0.5) is 0 Å².